The molecule has 0 aromatic carbocycles. The van der Waals surface area contributed by atoms with Crippen LogP contribution in [-0.4, -0.2) is 149 Å². The van der Waals surface area contributed by atoms with Crippen LogP contribution < -0.4 is 62.0 Å². The van der Waals surface area contributed by atoms with Crippen LogP contribution >= 0.6 is 46.6 Å². The number of ether oxygens (including phenoxy) is 3. The van der Waals surface area contributed by atoms with Crippen LogP contribution in [0.5, 0.6) is 0 Å². The molecule has 10 rings (SSSR count). The Morgan fingerprint density at radius 3 is 1.14 bits per heavy atom. The van der Waals surface area contributed by atoms with Gasteiger partial charge in [-0.3, -0.25) is 53.7 Å². The Kier molecular flexibility index (Phi) is 42.3. The fourth-order valence-electron chi connectivity index (χ4n) is 12.1. The van der Waals surface area contributed by atoms with Crippen molar-refractivity contribution in [3.63, 3.8) is 0 Å². The van der Waals surface area contributed by atoms with Gasteiger partial charge in [-0.2, -0.15) is 8.78 Å². The number of hydrogen-bond acceptors (Lipinski definition) is 27. The average Bonchev–Trinajstić information content (AvgIpc) is 0.784. The third-order valence-electron chi connectivity index (χ3n) is 17.7. The number of nitrogens with zero attached hydrogens (tertiary/aromatic N) is 10. The third kappa shape index (κ3) is 32.8. The van der Waals surface area contributed by atoms with E-state index in [0.29, 0.717) is 76.9 Å². The molecule has 5 atom stereocenters. The number of carboxylic acids is 2. The number of aliphatic carboxylic acids is 1. The lowest BCUT2D eigenvalue weighted by Crippen LogP contribution is -2.47. The summed E-state index contributed by atoms with van der Waals surface area (Å²) < 4.78 is 50.0. The van der Waals surface area contributed by atoms with E-state index in [0.717, 1.165) is 13.7 Å². The van der Waals surface area contributed by atoms with Gasteiger partial charge in [0.25, 0.3) is 22.6 Å². The van der Waals surface area contributed by atoms with Crippen molar-refractivity contribution in [3.05, 3.63) is 218 Å². The van der Waals surface area contributed by atoms with Gasteiger partial charge in [-0.15, -0.1) is 24.0 Å². The molecule has 10 heterocycles. The first-order valence-corrected chi connectivity index (χ1v) is 41.0. The lowest BCUT2D eigenvalue weighted by atomic mass is 9.95. The number of rotatable bonds is 18. The number of ketones is 1. The zero-order valence-electron chi connectivity index (χ0n) is 76.7. The molecule has 127 heavy (non-hydrogen) atoms. The zero-order valence-corrected chi connectivity index (χ0v) is 80.2. The van der Waals surface area contributed by atoms with Crippen molar-refractivity contribution < 1.29 is 68.1 Å². The molecular formula is C87H118F2I2N18O18. The topological polar surface area (TPSA) is 559 Å². The van der Waals surface area contributed by atoms with Crippen LogP contribution in [0, 0.1) is 76.1 Å². The van der Waals surface area contributed by atoms with Crippen molar-refractivity contribution in [2.24, 2.45) is 35.3 Å². The molecule has 1 amide bonds. The molecule has 0 radical (unpaired) electrons. The van der Waals surface area contributed by atoms with Crippen molar-refractivity contribution in [1.82, 2.24) is 68.9 Å². The number of carbonyl (C=O) groups is 7. The zero-order chi connectivity index (χ0) is 97.1. The van der Waals surface area contributed by atoms with Crippen molar-refractivity contribution in [2.45, 2.75) is 220 Å². The van der Waals surface area contributed by atoms with Crippen LogP contribution in [-0.2, 0) is 44.6 Å². The SMILES string of the molecule is CC(C)[C@H](N)C(=O)OC(C)(C)C.Cc1cncc(N)c1C(=O)N[C@H](C(=O)OC(C)(C)C)C(C)C.Cc1cncc(N)c1C(=O)O.Cc1cncc2[nH]c(=O)n([C@H](C(=O)Cc3ccnc(F)c3)C(C)C)c(=O)c12.Cc1cncc2[nH]c(=O)n([C@H](C(=O)O)C(C)C)c(=O)c12.Cc1cncc2[nH]c(=O)n([C@H](C(=O)OC(C)(C)C)C(C)C)c(=O)c12.I.Nc1ccnc(F)c1.[2H]CI. The number of nitrogens with two attached hydrogens (primary N) is 4. The highest BCUT2D eigenvalue weighted by molar-refractivity contribution is 14.1. The predicted molar refractivity (Wildman–Crippen MR) is 500 cm³/mol. The highest BCUT2D eigenvalue weighted by Gasteiger charge is 2.35. The monoisotopic (exact) mass is 2000 g/mol. The maximum atomic E-state index is 13.3. The van der Waals surface area contributed by atoms with Gasteiger partial charge in [-0.25, -0.2) is 57.2 Å². The fraction of sp³-hybridized carbons (Fsp3) is 0.448. The summed E-state index contributed by atoms with van der Waals surface area (Å²) in [4.78, 5) is 193. The summed E-state index contributed by atoms with van der Waals surface area (Å²) in [5.74, 6) is -6.57. The molecule has 692 valence electrons. The number of pyridine rings is 7. The number of fused-ring (bicyclic) bond motifs is 3. The average molecular weight is 2000 g/mol. The number of aromatic carboxylic acids is 1. The van der Waals surface area contributed by atoms with Gasteiger partial charge in [0.1, 0.15) is 47.0 Å². The third-order valence-corrected chi connectivity index (χ3v) is 17.7. The molecule has 36 nitrogen and oxygen atoms in total. The summed E-state index contributed by atoms with van der Waals surface area (Å²) in [6.45, 7) is 42.4. The fourth-order valence-corrected chi connectivity index (χ4v) is 12.1. The van der Waals surface area contributed by atoms with Crippen molar-refractivity contribution in [3.8, 4) is 0 Å². The standard InChI is InChI=1S/C19H19FN4O3.C17H23N3O4.C16H25N3O3.C13H15N3O4.C9H19NO2.C7H8N2O2.C5H5FN2.CH3I.HI/c1-10(2)17(14(25)6-12-4-5-22-15(20)7-12)24-18(26)16-11(3)8-21-9-13(16)23-19(24)27;1-9(2)13(15(22)24-17(4,5)6)20-14(21)12-10(3)7-18-8-11(12)19-16(20)23;1-9(2)13(15(21)22-16(4,5)6)19-14(20)12-10(3)7-18-8-11(12)17;1-6(2)10(12(18)19)16-11(17)9-7(3)4-14-5-8(9)15-13(16)20;1-6(2)7(10)8(11)12-9(3,4)5;1-4-2-9-3-5(8)6(4)7(10)11;6-5-3-4(7)1-2-8-5;1-2;/h4-5,7-10,17H,6H2,1-3H3,(H,23,27);7-9,13H,1-6H3,(H,19,23);7-9,13H,17H2,1-6H3,(H,19,20);4-6,10H,1-3H3,(H,15,20)(H,18,19);6-7H,10H2,1-5H3;2-3H,8H2,1H3,(H,10,11);1-3H,(H2,7,8);1H3;1H/t17-;2*13-;10-;7-;;;;/m00000..../s1/i;;;;;;;1D;. The smallest absolute Gasteiger partial charge is 0.338 e. The van der Waals surface area contributed by atoms with E-state index in [-0.39, 0.29) is 88.1 Å². The maximum absolute atomic E-state index is 13.3. The summed E-state index contributed by atoms with van der Waals surface area (Å²) in [6, 6.07) is 0.960. The first kappa shape index (κ1) is 109. The number of halogens is 4. The molecule has 40 heteroatoms. The van der Waals surface area contributed by atoms with E-state index in [1.165, 1.54) is 86.2 Å². The molecule has 10 aromatic rings. The number of hydrogen-bond donors (Lipinski definition) is 10. The molecule has 0 fully saturated rings. The van der Waals surface area contributed by atoms with E-state index >= 15 is 0 Å². The van der Waals surface area contributed by atoms with Gasteiger partial charge in [-0.1, -0.05) is 91.8 Å². The number of aromatic nitrogens is 13. The van der Waals surface area contributed by atoms with Crippen LogP contribution in [0.1, 0.15) is 205 Å². The number of carbonyl (C=O) groups excluding carboxylic acids is 5. The van der Waals surface area contributed by atoms with Crippen molar-refractivity contribution in [2.75, 3.05) is 22.1 Å². The van der Waals surface area contributed by atoms with Crippen molar-refractivity contribution in [1.29, 1.82) is 0 Å². The van der Waals surface area contributed by atoms with Crippen LogP contribution in [0.25, 0.3) is 32.7 Å². The van der Waals surface area contributed by atoms with Crippen LogP contribution in [0.2, 0.25) is 0 Å². The lowest BCUT2D eigenvalue weighted by Gasteiger charge is -2.26. The Morgan fingerprint density at radius 2 is 0.827 bits per heavy atom. The highest BCUT2D eigenvalue weighted by Crippen LogP contribution is 2.25. The molecule has 0 unspecified atom stereocenters. The van der Waals surface area contributed by atoms with Gasteiger partial charge < -0.3 is 67.6 Å². The van der Waals surface area contributed by atoms with E-state index in [1.54, 1.807) is 130 Å². The number of nitrogen functional groups attached to an aromatic ring is 3. The Hall–Kier alpha value is -12.0. The Morgan fingerprint density at radius 1 is 0.488 bits per heavy atom. The second kappa shape index (κ2) is 49.2. The second-order valence-corrected chi connectivity index (χ2v) is 33.6. The number of H-pyrrole nitrogens is 3. The van der Waals surface area contributed by atoms with Crippen LogP contribution in [0.3, 0.4) is 0 Å². The number of aryl methyl sites for hydroxylation is 5. The van der Waals surface area contributed by atoms with Gasteiger partial charge in [0.2, 0.25) is 11.9 Å². The summed E-state index contributed by atoms with van der Waals surface area (Å²) in [5, 5.41) is 21.6. The maximum Gasteiger partial charge on any atom is 0.338 e. The number of esters is 3. The van der Waals surface area contributed by atoms with E-state index < -0.39 is 128 Å². The second-order valence-electron chi connectivity index (χ2n) is 33.6. The lowest BCUT2D eigenvalue weighted by molar-refractivity contribution is -0.161. The summed E-state index contributed by atoms with van der Waals surface area (Å²) >= 11 is 1.96. The molecule has 0 aliphatic heterocycles. The molecular weight excluding hydrogens is 1880 g/mol. The minimum absolute atomic E-state index is 0. The Bertz CT molecular complexity index is 5860. The summed E-state index contributed by atoms with van der Waals surface area (Å²) in [5.41, 5.74) is 22.3. The number of alkyl halides is 1. The number of Topliss-reactive ketones (excluding diaryl/α,β-unsaturated/α-hetero) is 1. The molecule has 0 saturated carbocycles. The predicted octanol–water partition coefficient (Wildman–Crippen LogP) is 11.1. The van der Waals surface area contributed by atoms with Gasteiger partial charge in [0.05, 0.1) is 86.2 Å². The summed E-state index contributed by atoms with van der Waals surface area (Å²) in [6.07, 6.45) is 17.0. The van der Waals surface area contributed by atoms with E-state index in [4.69, 9.17) is 43.6 Å². The minimum atomic E-state index is -1.21. The van der Waals surface area contributed by atoms with E-state index in [1.807, 2.05) is 71.1 Å². The minimum Gasteiger partial charge on any atom is -0.480 e. The molecule has 0 bridgehead atoms. The number of anilines is 3. The number of nitrogens with one attached hydrogen (secondary N) is 4. The normalized spacial score (nSPS) is 12.3. The van der Waals surface area contributed by atoms with E-state index in [9.17, 15) is 76.2 Å². The largest absolute Gasteiger partial charge is 0.480 e. The Labute approximate surface area is 764 Å². The molecule has 14 N–H and O–H groups in total. The quantitative estimate of drug-likeness (QED) is 0.0125. The Balaban J connectivity index is 0.000000516. The first-order chi connectivity index (χ1) is 58.7. The van der Waals surface area contributed by atoms with Gasteiger partial charge in [0, 0.05) is 62.9 Å². The van der Waals surface area contributed by atoms with Gasteiger partial charge in [0.15, 0.2) is 5.78 Å². The molecule has 0 saturated heterocycles. The van der Waals surface area contributed by atoms with Gasteiger partial charge in [-0.05, 0) is 183 Å². The molecule has 10 aromatic heterocycles. The molecule has 0 aliphatic rings. The van der Waals surface area contributed by atoms with Crippen LogP contribution in [0.15, 0.2) is 127 Å². The van der Waals surface area contributed by atoms with Crippen molar-refractivity contribution >= 4 is 138 Å². The number of amides is 1. The first-order valence-electron chi connectivity index (χ1n) is 40.2. The van der Waals surface area contributed by atoms with Crippen LogP contribution in [0.4, 0.5) is 25.8 Å². The van der Waals surface area contributed by atoms with Gasteiger partial charge >= 0.3 is 46.9 Å². The summed E-state index contributed by atoms with van der Waals surface area (Å²) in [7, 11) is 0. The highest BCUT2D eigenvalue weighted by atomic mass is 127. The molecule has 0 aliphatic carbocycles. The van der Waals surface area contributed by atoms with E-state index in [2.05, 4.69) is 55.2 Å². The number of aromatic amines is 3. The number of carboxylic acid groups (broad SMARTS) is 2. The molecule has 0 spiro atoms.